The van der Waals surface area contributed by atoms with Gasteiger partial charge in [0, 0.05) is 12.1 Å². The Hall–Kier alpha value is -0.220. The molecule has 2 heterocycles. The number of piperidine rings is 1. The number of fused-ring (bicyclic) bond motifs is 2. The van der Waals surface area contributed by atoms with Crippen LogP contribution < -0.4 is 5.73 Å². The van der Waals surface area contributed by atoms with Gasteiger partial charge in [0.15, 0.2) is 0 Å². The van der Waals surface area contributed by atoms with Crippen LogP contribution in [0.15, 0.2) is 0 Å². The van der Waals surface area contributed by atoms with Gasteiger partial charge in [-0.05, 0) is 32.7 Å². The lowest BCUT2D eigenvalue weighted by molar-refractivity contribution is -0.00707. The van der Waals surface area contributed by atoms with Gasteiger partial charge in [-0.3, -0.25) is 0 Å². The fourth-order valence-electron chi connectivity index (χ4n) is 2.72. The Bertz CT molecular complexity index is 194. The Morgan fingerprint density at radius 3 is 2.15 bits per heavy atom. The minimum atomic E-state index is -2.37. The SMILES string of the molecule is CN1C2CCC1CC(N)(C(F)F)C2. The van der Waals surface area contributed by atoms with Crippen LogP contribution in [0.1, 0.15) is 25.7 Å². The molecule has 76 valence electrons. The molecule has 0 aromatic carbocycles. The molecule has 2 aliphatic heterocycles. The van der Waals surface area contributed by atoms with Crippen LogP contribution in [0, 0.1) is 0 Å². The number of hydrogen-bond donors (Lipinski definition) is 1. The summed E-state index contributed by atoms with van der Waals surface area (Å²) < 4.78 is 25.3. The van der Waals surface area contributed by atoms with E-state index in [1.54, 1.807) is 0 Å². The van der Waals surface area contributed by atoms with Crippen molar-refractivity contribution in [3.05, 3.63) is 0 Å². The molecule has 0 aromatic rings. The van der Waals surface area contributed by atoms with Crippen molar-refractivity contribution in [2.75, 3.05) is 7.05 Å². The summed E-state index contributed by atoms with van der Waals surface area (Å²) >= 11 is 0. The number of alkyl halides is 2. The van der Waals surface area contributed by atoms with Crippen molar-refractivity contribution >= 4 is 0 Å². The van der Waals surface area contributed by atoms with Crippen molar-refractivity contribution in [2.24, 2.45) is 5.73 Å². The van der Waals surface area contributed by atoms with Gasteiger partial charge in [-0.15, -0.1) is 0 Å². The summed E-state index contributed by atoms with van der Waals surface area (Å²) in [5, 5.41) is 0. The highest BCUT2D eigenvalue weighted by Gasteiger charge is 2.49. The highest BCUT2D eigenvalue weighted by molar-refractivity contribution is 5.04. The molecule has 13 heavy (non-hydrogen) atoms. The fourth-order valence-corrected chi connectivity index (χ4v) is 2.72. The summed E-state index contributed by atoms with van der Waals surface area (Å²) in [5.41, 5.74) is 4.50. The molecule has 0 aliphatic carbocycles. The van der Waals surface area contributed by atoms with Crippen LogP contribution in [-0.2, 0) is 0 Å². The topological polar surface area (TPSA) is 29.3 Å². The predicted molar refractivity (Wildman–Crippen MR) is 46.7 cm³/mol. The van der Waals surface area contributed by atoms with E-state index in [1.165, 1.54) is 0 Å². The molecule has 2 N–H and O–H groups in total. The van der Waals surface area contributed by atoms with Crippen LogP contribution in [0.25, 0.3) is 0 Å². The summed E-state index contributed by atoms with van der Waals surface area (Å²) in [4.78, 5) is 2.22. The smallest absolute Gasteiger partial charge is 0.256 e. The first kappa shape index (κ1) is 9.34. The maximum atomic E-state index is 12.7. The molecule has 0 radical (unpaired) electrons. The molecule has 0 aromatic heterocycles. The van der Waals surface area contributed by atoms with Crippen LogP contribution in [0.2, 0.25) is 0 Å². The first-order valence-corrected chi connectivity index (χ1v) is 4.82. The number of halogens is 2. The molecule has 2 saturated heterocycles. The van der Waals surface area contributed by atoms with Crippen molar-refractivity contribution in [1.82, 2.24) is 4.90 Å². The number of rotatable bonds is 1. The van der Waals surface area contributed by atoms with E-state index in [0.717, 1.165) is 12.8 Å². The molecule has 2 fully saturated rings. The maximum Gasteiger partial charge on any atom is 0.256 e. The lowest BCUT2D eigenvalue weighted by Crippen LogP contribution is -2.58. The molecule has 2 nitrogen and oxygen atoms in total. The molecule has 2 bridgehead atoms. The predicted octanol–water partition coefficient (Wildman–Crippen LogP) is 1.21. The summed E-state index contributed by atoms with van der Waals surface area (Å²) in [5.74, 6) is 0. The van der Waals surface area contributed by atoms with Gasteiger partial charge in [0.1, 0.15) is 0 Å². The second-order valence-electron chi connectivity index (χ2n) is 4.49. The zero-order chi connectivity index (χ0) is 9.64. The summed E-state index contributed by atoms with van der Waals surface area (Å²) in [6.07, 6.45) is 0.610. The third kappa shape index (κ3) is 1.36. The van der Waals surface area contributed by atoms with Gasteiger partial charge in [-0.25, -0.2) is 8.78 Å². The quantitative estimate of drug-likeness (QED) is 0.673. The Labute approximate surface area is 77.1 Å². The minimum absolute atomic E-state index is 0.290. The second kappa shape index (κ2) is 2.89. The molecule has 0 amide bonds. The standard InChI is InChI=1S/C9H16F2N2/c1-13-6-2-3-7(13)5-9(12,4-6)8(10)11/h6-8H,2-5,12H2,1H3. The highest BCUT2D eigenvalue weighted by atomic mass is 19.3. The van der Waals surface area contributed by atoms with E-state index in [4.69, 9.17) is 5.73 Å². The van der Waals surface area contributed by atoms with Gasteiger partial charge in [0.2, 0.25) is 0 Å². The van der Waals surface area contributed by atoms with Crippen molar-refractivity contribution < 1.29 is 8.78 Å². The second-order valence-corrected chi connectivity index (χ2v) is 4.49. The van der Waals surface area contributed by atoms with E-state index in [9.17, 15) is 8.78 Å². The van der Waals surface area contributed by atoms with Crippen LogP contribution in [0.5, 0.6) is 0 Å². The zero-order valence-corrected chi connectivity index (χ0v) is 7.84. The number of hydrogen-bond acceptors (Lipinski definition) is 2. The molecule has 0 spiro atoms. The Kier molecular flexibility index (Phi) is 2.07. The summed E-state index contributed by atoms with van der Waals surface area (Å²) in [6, 6.07) is 0.579. The van der Waals surface area contributed by atoms with Crippen LogP contribution >= 0.6 is 0 Å². The van der Waals surface area contributed by atoms with Gasteiger partial charge < -0.3 is 10.6 Å². The summed E-state index contributed by atoms with van der Waals surface area (Å²) in [6.45, 7) is 0. The maximum absolute atomic E-state index is 12.7. The lowest BCUT2D eigenvalue weighted by Gasteiger charge is -2.42. The first-order valence-electron chi connectivity index (χ1n) is 4.82. The van der Waals surface area contributed by atoms with E-state index >= 15 is 0 Å². The van der Waals surface area contributed by atoms with Crippen molar-refractivity contribution in [2.45, 2.75) is 49.7 Å². The first-order chi connectivity index (χ1) is 6.03. The van der Waals surface area contributed by atoms with Crippen LogP contribution in [-0.4, -0.2) is 36.0 Å². The van der Waals surface area contributed by atoms with E-state index in [1.807, 2.05) is 7.05 Å². The van der Waals surface area contributed by atoms with E-state index < -0.39 is 12.0 Å². The fraction of sp³-hybridized carbons (Fsp3) is 1.00. The lowest BCUT2D eigenvalue weighted by atomic mass is 9.84. The number of nitrogens with zero attached hydrogens (tertiary/aromatic N) is 1. The van der Waals surface area contributed by atoms with Gasteiger partial charge in [-0.2, -0.15) is 0 Å². The van der Waals surface area contributed by atoms with E-state index in [-0.39, 0.29) is 12.1 Å². The Morgan fingerprint density at radius 1 is 1.31 bits per heavy atom. The third-order valence-corrected chi connectivity index (χ3v) is 3.65. The minimum Gasteiger partial charge on any atom is -0.320 e. The zero-order valence-electron chi connectivity index (χ0n) is 7.84. The molecule has 2 unspecified atom stereocenters. The van der Waals surface area contributed by atoms with Gasteiger partial charge in [0.25, 0.3) is 6.43 Å². The molecule has 2 aliphatic rings. The normalized spacial score (nSPS) is 45.9. The largest absolute Gasteiger partial charge is 0.320 e. The van der Waals surface area contributed by atoms with Crippen molar-refractivity contribution in [1.29, 1.82) is 0 Å². The molecule has 2 rings (SSSR count). The molecule has 4 heteroatoms. The van der Waals surface area contributed by atoms with Crippen LogP contribution in [0.3, 0.4) is 0 Å². The van der Waals surface area contributed by atoms with Crippen molar-refractivity contribution in [3.8, 4) is 0 Å². The van der Waals surface area contributed by atoms with Gasteiger partial charge in [-0.1, -0.05) is 0 Å². The average Bonchev–Trinajstić information content (AvgIpc) is 2.33. The summed E-state index contributed by atoms with van der Waals surface area (Å²) in [7, 11) is 2.02. The average molecular weight is 190 g/mol. The highest BCUT2D eigenvalue weighted by Crippen LogP contribution is 2.40. The Morgan fingerprint density at radius 2 is 1.77 bits per heavy atom. The third-order valence-electron chi connectivity index (χ3n) is 3.65. The monoisotopic (exact) mass is 190 g/mol. The van der Waals surface area contributed by atoms with Gasteiger partial charge in [0.05, 0.1) is 5.54 Å². The van der Waals surface area contributed by atoms with E-state index in [2.05, 4.69) is 4.90 Å². The number of nitrogens with two attached hydrogens (primary N) is 1. The van der Waals surface area contributed by atoms with Crippen molar-refractivity contribution in [3.63, 3.8) is 0 Å². The Balaban J connectivity index is 2.14. The van der Waals surface area contributed by atoms with Gasteiger partial charge >= 0.3 is 0 Å². The molecular formula is C9H16F2N2. The molecular weight excluding hydrogens is 174 g/mol. The van der Waals surface area contributed by atoms with E-state index in [0.29, 0.717) is 12.8 Å². The van der Waals surface area contributed by atoms with Crippen LogP contribution in [0.4, 0.5) is 8.78 Å². The molecule has 0 saturated carbocycles. The molecule has 2 atom stereocenters.